The van der Waals surface area contributed by atoms with Gasteiger partial charge in [-0.1, -0.05) is 35.0 Å². The van der Waals surface area contributed by atoms with Crippen LogP contribution in [-0.4, -0.2) is 12.9 Å². The number of amidine groups is 1. The van der Waals surface area contributed by atoms with E-state index in [4.69, 9.17) is 5.73 Å². The minimum Gasteiger partial charge on any atom is -0.398 e. The summed E-state index contributed by atoms with van der Waals surface area (Å²) < 4.78 is 0. The molecular formula is C10H14N2O. The molecule has 0 aliphatic rings. The van der Waals surface area contributed by atoms with E-state index in [-0.39, 0.29) is 0 Å². The molecule has 0 atom stereocenters. The molecule has 13 heavy (non-hydrogen) atoms. The van der Waals surface area contributed by atoms with Gasteiger partial charge in [0.2, 0.25) is 0 Å². The van der Waals surface area contributed by atoms with Crippen LogP contribution >= 0.6 is 0 Å². The fourth-order valence-electron chi connectivity index (χ4n) is 1.18. The van der Waals surface area contributed by atoms with E-state index in [0.717, 1.165) is 5.56 Å². The van der Waals surface area contributed by atoms with Gasteiger partial charge in [0.05, 0.1) is 0 Å². The molecule has 1 aromatic rings. The van der Waals surface area contributed by atoms with Crippen molar-refractivity contribution in [3.05, 3.63) is 35.4 Å². The summed E-state index contributed by atoms with van der Waals surface area (Å²) in [6.07, 6.45) is 0.634. The number of hydrogen-bond donors (Lipinski definition) is 1. The Labute approximate surface area is 78.2 Å². The van der Waals surface area contributed by atoms with Crippen LogP contribution in [-0.2, 0) is 11.3 Å². The van der Waals surface area contributed by atoms with Gasteiger partial charge < -0.3 is 10.6 Å². The molecular weight excluding hydrogens is 164 g/mol. The molecule has 0 aliphatic heterocycles. The minimum atomic E-state index is 0.494. The van der Waals surface area contributed by atoms with E-state index in [1.54, 1.807) is 0 Å². The molecule has 0 aliphatic carbocycles. The molecule has 1 rings (SSSR count). The zero-order chi connectivity index (χ0) is 9.68. The van der Waals surface area contributed by atoms with E-state index >= 15 is 0 Å². The maximum absolute atomic E-state index is 5.59. The van der Waals surface area contributed by atoms with Gasteiger partial charge in [-0.15, -0.1) is 0 Å². The highest BCUT2D eigenvalue weighted by Crippen LogP contribution is 2.04. The van der Waals surface area contributed by atoms with Crippen molar-refractivity contribution in [3.8, 4) is 0 Å². The van der Waals surface area contributed by atoms with Crippen LogP contribution in [0.15, 0.2) is 29.4 Å². The fourth-order valence-corrected chi connectivity index (χ4v) is 1.18. The molecule has 3 nitrogen and oxygen atoms in total. The molecule has 0 bridgehead atoms. The lowest BCUT2D eigenvalue weighted by molar-refractivity contribution is 0.212. The standard InChI is InChI=1S/C10H14N2O/c1-8-4-3-5-9(6-8)7-10(11)12-13-2/h3-6H,7H2,1-2H3,(H2,11,12). The summed E-state index contributed by atoms with van der Waals surface area (Å²) in [4.78, 5) is 4.57. The van der Waals surface area contributed by atoms with E-state index in [2.05, 4.69) is 16.1 Å². The summed E-state index contributed by atoms with van der Waals surface area (Å²) in [7, 11) is 1.49. The van der Waals surface area contributed by atoms with Crippen LogP contribution in [0.1, 0.15) is 11.1 Å². The van der Waals surface area contributed by atoms with Crippen LogP contribution in [0.3, 0.4) is 0 Å². The second-order valence-corrected chi connectivity index (χ2v) is 2.93. The van der Waals surface area contributed by atoms with Crippen molar-refractivity contribution in [1.82, 2.24) is 0 Å². The fraction of sp³-hybridized carbons (Fsp3) is 0.300. The zero-order valence-corrected chi connectivity index (χ0v) is 7.95. The summed E-state index contributed by atoms with van der Waals surface area (Å²) in [5.74, 6) is 0.494. The lowest BCUT2D eigenvalue weighted by Crippen LogP contribution is -2.15. The number of rotatable bonds is 3. The molecule has 0 saturated carbocycles. The second kappa shape index (κ2) is 4.50. The molecule has 0 radical (unpaired) electrons. The third-order valence-electron chi connectivity index (χ3n) is 1.68. The van der Waals surface area contributed by atoms with Crippen molar-refractivity contribution in [2.45, 2.75) is 13.3 Å². The number of benzene rings is 1. The quantitative estimate of drug-likeness (QED) is 0.432. The average Bonchev–Trinajstić information content (AvgIpc) is 2.04. The van der Waals surface area contributed by atoms with Gasteiger partial charge in [0.15, 0.2) is 0 Å². The van der Waals surface area contributed by atoms with E-state index in [0.29, 0.717) is 12.3 Å². The lowest BCUT2D eigenvalue weighted by Gasteiger charge is -2.01. The summed E-state index contributed by atoms with van der Waals surface area (Å²) in [5.41, 5.74) is 7.97. The number of hydrogen-bond acceptors (Lipinski definition) is 2. The Morgan fingerprint density at radius 2 is 2.31 bits per heavy atom. The average molecular weight is 178 g/mol. The predicted molar refractivity (Wildman–Crippen MR) is 53.5 cm³/mol. The highest BCUT2D eigenvalue weighted by molar-refractivity contribution is 5.82. The number of aryl methyl sites for hydroxylation is 1. The van der Waals surface area contributed by atoms with E-state index in [1.807, 2.05) is 25.1 Å². The van der Waals surface area contributed by atoms with Gasteiger partial charge in [0, 0.05) is 6.42 Å². The summed E-state index contributed by atoms with van der Waals surface area (Å²) in [6.45, 7) is 2.05. The topological polar surface area (TPSA) is 47.6 Å². The van der Waals surface area contributed by atoms with Crippen LogP contribution in [0.25, 0.3) is 0 Å². The molecule has 3 heteroatoms. The molecule has 0 heterocycles. The highest BCUT2D eigenvalue weighted by Gasteiger charge is 1.96. The summed E-state index contributed by atoms with van der Waals surface area (Å²) >= 11 is 0. The SMILES string of the molecule is CO/N=C(/N)Cc1cccc(C)c1. The summed E-state index contributed by atoms with van der Waals surface area (Å²) in [6, 6.07) is 8.15. The second-order valence-electron chi connectivity index (χ2n) is 2.93. The van der Waals surface area contributed by atoms with Crippen LogP contribution in [0.2, 0.25) is 0 Å². The van der Waals surface area contributed by atoms with Gasteiger partial charge in [-0.25, -0.2) is 0 Å². The summed E-state index contributed by atoms with van der Waals surface area (Å²) in [5, 5.41) is 3.64. The van der Waals surface area contributed by atoms with Crippen LogP contribution in [0, 0.1) is 6.92 Å². The normalized spacial score (nSPS) is 11.4. The van der Waals surface area contributed by atoms with Crippen molar-refractivity contribution >= 4 is 5.84 Å². The lowest BCUT2D eigenvalue weighted by atomic mass is 10.1. The molecule has 0 unspecified atom stereocenters. The molecule has 1 aromatic carbocycles. The van der Waals surface area contributed by atoms with E-state index < -0.39 is 0 Å². The third-order valence-corrected chi connectivity index (χ3v) is 1.68. The Morgan fingerprint density at radius 3 is 2.92 bits per heavy atom. The molecule has 0 amide bonds. The maximum Gasteiger partial charge on any atom is 0.143 e. The van der Waals surface area contributed by atoms with Crippen molar-refractivity contribution in [2.24, 2.45) is 10.9 Å². The van der Waals surface area contributed by atoms with Gasteiger partial charge >= 0.3 is 0 Å². The molecule has 2 N–H and O–H groups in total. The Balaban J connectivity index is 2.69. The van der Waals surface area contributed by atoms with Gasteiger partial charge in [-0.2, -0.15) is 0 Å². The van der Waals surface area contributed by atoms with E-state index in [1.165, 1.54) is 12.7 Å². The Bertz CT molecular complexity index is 308. The molecule has 0 fully saturated rings. The number of oxime groups is 1. The smallest absolute Gasteiger partial charge is 0.143 e. The first-order valence-corrected chi connectivity index (χ1v) is 4.13. The Morgan fingerprint density at radius 1 is 1.54 bits per heavy atom. The first-order valence-electron chi connectivity index (χ1n) is 4.13. The monoisotopic (exact) mass is 178 g/mol. The predicted octanol–water partition coefficient (Wildman–Crippen LogP) is 1.46. The molecule has 0 spiro atoms. The van der Waals surface area contributed by atoms with Crippen LogP contribution in [0.5, 0.6) is 0 Å². The first-order chi connectivity index (χ1) is 6.22. The van der Waals surface area contributed by atoms with Gasteiger partial charge in [-0.05, 0) is 12.5 Å². The van der Waals surface area contributed by atoms with Gasteiger partial charge in [-0.3, -0.25) is 0 Å². The van der Waals surface area contributed by atoms with E-state index in [9.17, 15) is 0 Å². The number of nitrogens with zero attached hydrogens (tertiary/aromatic N) is 1. The molecule has 70 valence electrons. The number of nitrogens with two attached hydrogens (primary N) is 1. The Kier molecular flexibility index (Phi) is 3.31. The van der Waals surface area contributed by atoms with Gasteiger partial charge in [0.1, 0.15) is 12.9 Å². The van der Waals surface area contributed by atoms with Crippen LogP contribution in [0.4, 0.5) is 0 Å². The zero-order valence-electron chi connectivity index (χ0n) is 7.95. The van der Waals surface area contributed by atoms with Gasteiger partial charge in [0.25, 0.3) is 0 Å². The van der Waals surface area contributed by atoms with Crippen molar-refractivity contribution in [3.63, 3.8) is 0 Å². The van der Waals surface area contributed by atoms with Crippen molar-refractivity contribution in [1.29, 1.82) is 0 Å². The van der Waals surface area contributed by atoms with Crippen molar-refractivity contribution in [2.75, 3.05) is 7.11 Å². The van der Waals surface area contributed by atoms with Crippen molar-refractivity contribution < 1.29 is 4.84 Å². The third kappa shape index (κ3) is 3.15. The molecule has 0 saturated heterocycles. The molecule has 0 aromatic heterocycles. The Hall–Kier alpha value is -1.51. The minimum absolute atomic E-state index is 0.494. The maximum atomic E-state index is 5.59. The van der Waals surface area contributed by atoms with Crippen LogP contribution < -0.4 is 5.73 Å². The highest BCUT2D eigenvalue weighted by atomic mass is 16.6. The first kappa shape index (κ1) is 9.58. The largest absolute Gasteiger partial charge is 0.398 e.